The minimum absolute atomic E-state index is 0.723. The van der Waals surface area contributed by atoms with E-state index >= 15 is 0 Å². The number of nitrogens with zero attached hydrogens (tertiary/aromatic N) is 1. The van der Waals surface area contributed by atoms with Gasteiger partial charge < -0.3 is 9.73 Å². The predicted molar refractivity (Wildman–Crippen MR) is 77.9 cm³/mol. The molecule has 0 spiro atoms. The lowest BCUT2D eigenvalue weighted by Crippen LogP contribution is -2.39. The van der Waals surface area contributed by atoms with Gasteiger partial charge in [0.25, 0.3) is 0 Å². The van der Waals surface area contributed by atoms with Gasteiger partial charge in [-0.05, 0) is 12.6 Å². The van der Waals surface area contributed by atoms with Gasteiger partial charge in [0.15, 0.2) is 0 Å². The van der Waals surface area contributed by atoms with E-state index in [-0.39, 0.29) is 0 Å². The largest absolute Gasteiger partial charge is 0.468 e. The fraction of sp³-hybridized carbons (Fsp3) is 0.714. The minimum Gasteiger partial charge on any atom is -0.468 e. The second-order valence-corrected chi connectivity index (χ2v) is 6.98. The smallest absolute Gasteiger partial charge is 0.122 e. The highest BCUT2D eigenvalue weighted by atomic mass is 32.2. The molecule has 0 aromatic carbocycles. The summed E-state index contributed by atoms with van der Waals surface area (Å²) in [5, 5.41) is 4.81. The molecular formula is C14H24N2OS. The highest BCUT2D eigenvalue weighted by molar-refractivity contribution is 8.00. The molecular weight excluding hydrogens is 244 g/mol. The van der Waals surface area contributed by atoms with Crippen LogP contribution in [-0.4, -0.2) is 35.0 Å². The number of rotatable bonds is 5. The highest BCUT2D eigenvalue weighted by Gasteiger charge is 2.23. The van der Waals surface area contributed by atoms with Crippen molar-refractivity contribution in [2.45, 2.75) is 44.4 Å². The molecule has 0 amide bonds. The third kappa shape index (κ3) is 3.77. The minimum atomic E-state index is 0.723. The van der Waals surface area contributed by atoms with E-state index in [4.69, 9.17) is 4.42 Å². The average Bonchev–Trinajstić information content (AvgIpc) is 2.72. The van der Waals surface area contributed by atoms with E-state index in [0.29, 0.717) is 0 Å². The molecule has 4 heteroatoms. The molecule has 1 aliphatic rings. The van der Waals surface area contributed by atoms with E-state index in [1.807, 2.05) is 6.26 Å². The van der Waals surface area contributed by atoms with E-state index in [1.54, 1.807) is 0 Å². The first kappa shape index (κ1) is 14.0. The Hall–Kier alpha value is -0.450. The monoisotopic (exact) mass is 268 g/mol. The maximum absolute atomic E-state index is 5.65. The van der Waals surface area contributed by atoms with Crippen LogP contribution in [0.2, 0.25) is 0 Å². The standard InChI is InChI=1S/C14H24N2OS/c1-4-15-7-13-5-6-17-14(13)10-16-8-11(2)18-12(3)9-16/h5-6,11-12,15H,4,7-10H2,1-3H3. The van der Waals surface area contributed by atoms with E-state index < -0.39 is 0 Å². The number of hydrogen-bond donors (Lipinski definition) is 1. The van der Waals surface area contributed by atoms with Crippen molar-refractivity contribution < 1.29 is 4.42 Å². The van der Waals surface area contributed by atoms with E-state index in [9.17, 15) is 0 Å². The van der Waals surface area contributed by atoms with Gasteiger partial charge in [0.2, 0.25) is 0 Å². The molecule has 0 radical (unpaired) electrons. The van der Waals surface area contributed by atoms with Gasteiger partial charge in [-0.15, -0.1) is 0 Å². The van der Waals surface area contributed by atoms with Crippen molar-refractivity contribution in [3.05, 3.63) is 23.7 Å². The molecule has 3 nitrogen and oxygen atoms in total. The molecule has 1 aromatic rings. The fourth-order valence-electron chi connectivity index (χ4n) is 2.54. The van der Waals surface area contributed by atoms with Crippen molar-refractivity contribution in [3.63, 3.8) is 0 Å². The Kier molecular flexibility index (Phi) is 5.15. The van der Waals surface area contributed by atoms with Gasteiger partial charge in [-0.3, -0.25) is 4.90 Å². The van der Waals surface area contributed by atoms with Crippen molar-refractivity contribution in [2.75, 3.05) is 19.6 Å². The van der Waals surface area contributed by atoms with Crippen LogP contribution in [0.4, 0.5) is 0 Å². The summed E-state index contributed by atoms with van der Waals surface area (Å²) in [6, 6.07) is 2.09. The highest BCUT2D eigenvalue weighted by Crippen LogP contribution is 2.26. The first-order valence-corrected chi connectivity index (χ1v) is 7.77. The van der Waals surface area contributed by atoms with Crippen LogP contribution in [0.25, 0.3) is 0 Å². The Morgan fingerprint density at radius 1 is 1.39 bits per heavy atom. The first-order valence-electron chi connectivity index (χ1n) is 6.82. The maximum atomic E-state index is 5.65. The quantitative estimate of drug-likeness (QED) is 0.889. The number of nitrogens with one attached hydrogen (secondary N) is 1. The Bertz CT molecular complexity index is 356. The van der Waals surface area contributed by atoms with Gasteiger partial charge in [-0.1, -0.05) is 20.8 Å². The molecule has 2 rings (SSSR count). The lowest BCUT2D eigenvalue weighted by atomic mass is 10.2. The molecule has 0 aliphatic carbocycles. The summed E-state index contributed by atoms with van der Waals surface area (Å²) in [6.07, 6.45) is 1.81. The molecule has 2 unspecified atom stereocenters. The topological polar surface area (TPSA) is 28.4 Å². The molecule has 0 bridgehead atoms. The lowest BCUT2D eigenvalue weighted by molar-refractivity contribution is 0.240. The summed E-state index contributed by atoms with van der Waals surface area (Å²) < 4.78 is 5.65. The summed E-state index contributed by atoms with van der Waals surface area (Å²) in [5.41, 5.74) is 1.30. The van der Waals surface area contributed by atoms with E-state index in [1.165, 1.54) is 5.56 Å². The van der Waals surface area contributed by atoms with Crippen molar-refractivity contribution >= 4 is 11.8 Å². The van der Waals surface area contributed by atoms with Crippen LogP contribution >= 0.6 is 11.8 Å². The molecule has 0 saturated carbocycles. The third-order valence-corrected chi connectivity index (χ3v) is 4.49. The molecule has 1 fully saturated rings. The van der Waals surface area contributed by atoms with Gasteiger partial charge in [0, 0.05) is 35.7 Å². The molecule has 1 saturated heterocycles. The summed E-state index contributed by atoms with van der Waals surface area (Å²) in [4.78, 5) is 2.51. The summed E-state index contributed by atoms with van der Waals surface area (Å²) >= 11 is 2.09. The van der Waals surface area contributed by atoms with Gasteiger partial charge in [-0.2, -0.15) is 11.8 Å². The van der Waals surface area contributed by atoms with Crippen LogP contribution in [0.5, 0.6) is 0 Å². The second-order valence-electron chi connectivity index (χ2n) is 5.10. The number of hydrogen-bond acceptors (Lipinski definition) is 4. The number of thioether (sulfide) groups is 1. The molecule has 1 N–H and O–H groups in total. The van der Waals surface area contributed by atoms with Crippen LogP contribution in [0.15, 0.2) is 16.7 Å². The molecule has 2 heterocycles. The van der Waals surface area contributed by atoms with Gasteiger partial charge in [0.05, 0.1) is 12.8 Å². The zero-order chi connectivity index (χ0) is 13.0. The molecule has 1 aromatic heterocycles. The first-order chi connectivity index (χ1) is 8.69. The van der Waals surface area contributed by atoms with Crippen molar-refractivity contribution in [2.24, 2.45) is 0 Å². The van der Waals surface area contributed by atoms with Gasteiger partial charge in [0.1, 0.15) is 5.76 Å². The van der Waals surface area contributed by atoms with Crippen LogP contribution < -0.4 is 5.32 Å². The van der Waals surface area contributed by atoms with Crippen LogP contribution in [0.1, 0.15) is 32.1 Å². The third-order valence-electron chi connectivity index (χ3n) is 3.27. The fourth-order valence-corrected chi connectivity index (χ4v) is 3.93. The van der Waals surface area contributed by atoms with Gasteiger partial charge in [-0.25, -0.2) is 0 Å². The van der Waals surface area contributed by atoms with Gasteiger partial charge >= 0.3 is 0 Å². The summed E-state index contributed by atoms with van der Waals surface area (Å²) in [6.45, 7) is 11.9. The van der Waals surface area contributed by atoms with Crippen molar-refractivity contribution in [3.8, 4) is 0 Å². The molecule has 102 valence electrons. The molecule has 2 atom stereocenters. The van der Waals surface area contributed by atoms with Crippen LogP contribution in [-0.2, 0) is 13.1 Å². The number of furan rings is 1. The maximum Gasteiger partial charge on any atom is 0.122 e. The van der Waals surface area contributed by atoms with E-state index in [2.05, 4.69) is 48.8 Å². The van der Waals surface area contributed by atoms with Crippen LogP contribution in [0.3, 0.4) is 0 Å². The summed E-state index contributed by atoms with van der Waals surface area (Å²) in [5.74, 6) is 1.13. The average molecular weight is 268 g/mol. The summed E-state index contributed by atoms with van der Waals surface area (Å²) in [7, 11) is 0. The zero-order valence-electron chi connectivity index (χ0n) is 11.6. The SMILES string of the molecule is CCNCc1ccoc1CN1CC(C)SC(C)C1. The lowest BCUT2D eigenvalue weighted by Gasteiger charge is -2.34. The van der Waals surface area contributed by atoms with Crippen molar-refractivity contribution in [1.82, 2.24) is 10.2 Å². The predicted octanol–water partition coefficient (Wildman–Crippen LogP) is 2.71. The van der Waals surface area contributed by atoms with Crippen molar-refractivity contribution in [1.29, 1.82) is 0 Å². The van der Waals surface area contributed by atoms with Crippen LogP contribution in [0, 0.1) is 0 Å². The Morgan fingerprint density at radius 2 is 2.11 bits per heavy atom. The molecule has 1 aliphatic heterocycles. The normalized spacial score (nSPS) is 25.5. The Morgan fingerprint density at radius 3 is 2.78 bits per heavy atom. The Labute approximate surface area is 114 Å². The molecule has 18 heavy (non-hydrogen) atoms. The van der Waals surface area contributed by atoms with E-state index in [0.717, 1.165) is 49.0 Å². The zero-order valence-corrected chi connectivity index (χ0v) is 12.4. The second kappa shape index (κ2) is 6.64. The Balaban J connectivity index is 1.94.